The fraction of sp³-hybridized carbons (Fsp3) is 0.500. The summed E-state index contributed by atoms with van der Waals surface area (Å²) in [5, 5.41) is 0. The van der Waals surface area contributed by atoms with Gasteiger partial charge in [0.1, 0.15) is 0 Å². The summed E-state index contributed by atoms with van der Waals surface area (Å²) in [5.41, 5.74) is 2.65. The van der Waals surface area contributed by atoms with Crippen molar-refractivity contribution >= 4 is 17.2 Å². The highest BCUT2D eigenvalue weighted by molar-refractivity contribution is 7.80. The maximum atomic E-state index is 5.51. The molecule has 0 atom stereocenters. The number of hydrogen-bond acceptors (Lipinski definition) is 1. The zero-order valence-corrected chi connectivity index (χ0v) is 10.7. The molecule has 1 saturated heterocycles. The maximum absolute atomic E-state index is 5.51. The molecule has 1 aromatic carbocycles. The molecule has 1 nitrogen and oxygen atoms in total. The molecule has 0 bridgehead atoms. The molecule has 0 aliphatic carbocycles. The standard InChI is InChI=1S/C14H19NS/c1-12-5-7-13(8-6-12)11-14(16)15-9-3-2-4-10-15/h5-8H,2-4,9-11H2,1H3. The summed E-state index contributed by atoms with van der Waals surface area (Å²) in [6.45, 7) is 4.43. The minimum atomic E-state index is 0.926. The van der Waals surface area contributed by atoms with E-state index in [0.717, 1.165) is 24.5 Å². The molecule has 0 spiro atoms. The van der Waals surface area contributed by atoms with Crippen molar-refractivity contribution in [2.45, 2.75) is 32.6 Å². The van der Waals surface area contributed by atoms with Crippen LogP contribution >= 0.6 is 12.2 Å². The van der Waals surface area contributed by atoms with Crippen LogP contribution in [0.1, 0.15) is 30.4 Å². The fourth-order valence-corrected chi connectivity index (χ4v) is 2.48. The summed E-state index contributed by atoms with van der Waals surface area (Å²) >= 11 is 5.51. The highest BCUT2D eigenvalue weighted by Crippen LogP contribution is 2.12. The van der Waals surface area contributed by atoms with E-state index in [0.29, 0.717) is 0 Å². The number of nitrogens with zero attached hydrogens (tertiary/aromatic N) is 1. The van der Waals surface area contributed by atoms with Gasteiger partial charge in [-0.05, 0) is 31.7 Å². The first-order chi connectivity index (χ1) is 7.75. The van der Waals surface area contributed by atoms with Gasteiger partial charge in [-0.1, -0.05) is 42.0 Å². The average Bonchev–Trinajstić information content (AvgIpc) is 2.33. The molecular formula is C14H19NS. The number of benzene rings is 1. The van der Waals surface area contributed by atoms with Crippen LogP contribution in [0.25, 0.3) is 0 Å². The van der Waals surface area contributed by atoms with Crippen molar-refractivity contribution in [2.24, 2.45) is 0 Å². The monoisotopic (exact) mass is 233 g/mol. The third kappa shape index (κ3) is 3.05. The van der Waals surface area contributed by atoms with Gasteiger partial charge in [-0.2, -0.15) is 0 Å². The van der Waals surface area contributed by atoms with Crippen LogP contribution in [0.4, 0.5) is 0 Å². The van der Waals surface area contributed by atoms with Crippen molar-refractivity contribution in [3.63, 3.8) is 0 Å². The molecule has 2 heteroatoms. The molecule has 2 rings (SSSR count). The molecule has 16 heavy (non-hydrogen) atoms. The van der Waals surface area contributed by atoms with Crippen molar-refractivity contribution < 1.29 is 0 Å². The van der Waals surface area contributed by atoms with Gasteiger partial charge in [0.15, 0.2) is 0 Å². The van der Waals surface area contributed by atoms with Gasteiger partial charge >= 0.3 is 0 Å². The van der Waals surface area contributed by atoms with Crippen molar-refractivity contribution in [3.05, 3.63) is 35.4 Å². The smallest absolute Gasteiger partial charge is 0.0823 e. The van der Waals surface area contributed by atoms with E-state index >= 15 is 0 Å². The van der Waals surface area contributed by atoms with Crippen LogP contribution in [0.3, 0.4) is 0 Å². The fourth-order valence-electron chi connectivity index (χ4n) is 2.14. The average molecular weight is 233 g/mol. The second-order valence-electron chi connectivity index (χ2n) is 4.60. The predicted molar refractivity (Wildman–Crippen MR) is 72.9 cm³/mol. The first-order valence-corrected chi connectivity index (χ1v) is 6.50. The lowest BCUT2D eigenvalue weighted by Crippen LogP contribution is -2.35. The van der Waals surface area contributed by atoms with Crippen LogP contribution in [0.2, 0.25) is 0 Å². The van der Waals surface area contributed by atoms with Crippen LogP contribution < -0.4 is 0 Å². The Bertz CT molecular complexity index is 350. The predicted octanol–water partition coefficient (Wildman–Crippen LogP) is 3.35. The van der Waals surface area contributed by atoms with Crippen molar-refractivity contribution in [1.82, 2.24) is 4.90 Å². The maximum Gasteiger partial charge on any atom is 0.0823 e. The van der Waals surface area contributed by atoms with Gasteiger partial charge in [-0.3, -0.25) is 0 Å². The van der Waals surface area contributed by atoms with Crippen LogP contribution in [0, 0.1) is 6.92 Å². The van der Waals surface area contributed by atoms with Gasteiger partial charge in [0.2, 0.25) is 0 Å². The van der Waals surface area contributed by atoms with E-state index in [1.807, 2.05) is 0 Å². The summed E-state index contributed by atoms with van der Waals surface area (Å²) < 4.78 is 0. The van der Waals surface area contributed by atoms with Crippen LogP contribution in [0.15, 0.2) is 24.3 Å². The number of aryl methyl sites for hydroxylation is 1. The molecule has 0 aromatic heterocycles. The third-order valence-electron chi connectivity index (χ3n) is 3.18. The van der Waals surface area contributed by atoms with E-state index in [1.54, 1.807) is 0 Å². The summed E-state index contributed by atoms with van der Waals surface area (Å²) in [7, 11) is 0. The second kappa shape index (κ2) is 5.44. The van der Waals surface area contributed by atoms with Gasteiger partial charge in [-0.15, -0.1) is 0 Å². The van der Waals surface area contributed by atoms with Gasteiger partial charge in [-0.25, -0.2) is 0 Å². The Kier molecular flexibility index (Phi) is 3.94. The number of piperidine rings is 1. The Morgan fingerprint density at radius 2 is 1.75 bits per heavy atom. The van der Waals surface area contributed by atoms with E-state index in [2.05, 4.69) is 36.1 Å². The zero-order valence-electron chi connectivity index (χ0n) is 9.91. The minimum Gasteiger partial charge on any atom is -0.366 e. The molecular weight excluding hydrogens is 214 g/mol. The molecule has 0 amide bonds. The number of hydrogen-bond donors (Lipinski definition) is 0. The van der Waals surface area contributed by atoms with Crippen LogP contribution in [-0.4, -0.2) is 23.0 Å². The Hall–Kier alpha value is -0.890. The largest absolute Gasteiger partial charge is 0.366 e. The van der Waals surface area contributed by atoms with Crippen LogP contribution in [-0.2, 0) is 6.42 Å². The van der Waals surface area contributed by atoms with Gasteiger partial charge < -0.3 is 4.90 Å². The highest BCUT2D eigenvalue weighted by atomic mass is 32.1. The van der Waals surface area contributed by atoms with E-state index in [9.17, 15) is 0 Å². The molecule has 1 aliphatic heterocycles. The molecule has 1 aliphatic rings. The molecule has 0 saturated carbocycles. The lowest BCUT2D eigenvalue weighted by Gasteiger charge is -2.29. The second-order valence-corrected chi connectivity index (χ2v) is 5.08. The minimum absolute atomic E-state index is 0.926. The molecule has 0 N–H and O–H groups in total. The van der Waals surface area contributed by atoms with E-state index in [1.165, 1.54) is 30.4 Å². The summed E-state index contributed by atoms with van der Waals surface area (Å²) in [6.07, 6.45) is 4.89. The Balaban J connectivity index is 1.93. The Labute approximate surface area is 103 Å². The summed E-state index contributed by atoms with van der Waals surface area (Å²) in [4.78, 5) is 3.49. The van der Waals surface area contributed by atoms with Crippen LogP contribution in [0.5, 0.6) is 0 Å². The third-order valence-corrected chi connectivity index (χ3v) is 3.59. The molecule has 1 aromatic rings. The Morgan fingerprint density at radius 3 is 2.38 bits per heavy atom. The van der Waals surface area contributed by atoms with E-state index in [4.69, 9.17) is 12.2 Å². The Morgan fingerprint density at radius 1 is 1.12 bits per heavy atom. The first kappa shape index (κ1) is 11.6. The normalized spacial score (nSPS) is 16.2. The zero-order chi connectivity index (χ0) is 11.4. The number of rotatable bonds is 2. The summed E-state index contributed by atoms with van der Waals surface area (Å²) in [6, 6.07) is 8.69. The number of thiocarbonyl (C=S) groups is 1. The lowest BCUT2D eigenvalue weighted by atomic mass is 10.1. The topological polar surface area (TPSA) is 3.24 Å². The van der Waals surface area contributed by atoms with E-state index in [-0.39, 0.29) is 0 Å². The van der Waals surface area contributed by atoms with Crippen molar-refractivity contribution in [1.29, 1.82) is 0 Å². The summed E-state index contributed by atoms with van der Waals surface area (Å²) in [5.74, 6) is 0. The highest BCUT2D eigenvalue weighted by Gasteiger charge is 2.13. The SMILES string of the molecule is Cc1ccc(CC(=S)N2CCCCC2)cc1. The van der Waals surface area contributed by atoms with Crippen molar-refractivity contribution in [2.75, 3.05) is 13.1 Å². The quantitative estimate of drug-likeness (QED) is 0.721. The lowest BCUT2D eigenvalue weighted by molar-refractivity contribution is 0.343. The molecule has 0 unspecified atom stereocenters. The van der Waals surface area contributed by atoms with Gasteiger partial charge in [0.05, 0.1) is 4.99 Å². The van der Waals surface area contributed by atoms with Crippen molar-refractivity contribution in [3.8, 4) is 0 Å². The first-order valence-electron chi connectivity index (χ1n) is 6.09. The number of likely N-dealkylation sites (tertiary alicyclic amines) is 1. The molecule has 0 radical (unpaired) electrons. The van der Waals surface area contributed by atoms with Gasteiger partial charge in [0, 0.05) is 19.5 Å². The van der Waals surface area contributed by atoms with Gasteiger partial charge in [0.25, 0.3) is 0 Å². The molecule has 1 fully saturated rings. The molecule has 86 valence electrons. The molecule has 1 heterocycles. The van der Waals surface area contributed by atoms with E-state index < -0.39 is 0 Å².